The van der Waals surface area contributed by atoms with Gasteiger partial charge in [0.25, 0.3) is 10.0 Å². The molecule has 1 saturated heterocycles. The highest BCUT2D eigenvalue weighted by atomic mass is 35.5. The maximum Gasteiger partial charge on any atom is 0.264 e. The standard InChI is InChI=1S/C20H23ClN2O4S/c1-15-12-16(21)9-10-19(15)23(28(25,26)18-7-3-2-4-8-18)14-20(24)22-13-17-6-5-11-27-17/h2-4,7-10,12,17H,5-6,11,13-14H2,1H3,(H,22,24). The Morgan fingerprint density at radius 2 is 2.00 bits per heavy atom. The fraction of sp³-hybridized carbons (Fsp3) is 0.350. The average Bonchev–Trinajstić information content (AvgIpc) is 3.19. The Balaban J connectivity index is 1.87. The van der Waals surface area contributed by atoms with E-state index < -0.39 is 10.0 Å². The summed E-state index contributed by atoms with van der Waals surface area (Å²) in [6, 6.07) is 13.0. The second-order valence-corrected chi connectivity index (χ2v) is 8.99. The molecule has 2 aromatic carbocycles. The molecule has 1 amide bonds. The number of nitrogens with zero attached hydrogens (tertiary/aromatic N) is 1. The molecule has 1 unspecified atom stereocenters. The normalized spacial score (nSPS) is 16.7. The Kier molecular flexibility index (Phi) is 6.59. The molecule has 28 heavy (non-hydrogen) atoms. The molecular weight excluding hydrogens is 400 g/mol. The highest BCUT2D eigenvalue weighted by Gasteiger charge is 2.28. The van der Waals surface area contributed by atoms with E-state index in [0.29, 0.717) is 29.4 Å². The summed E-state index contributed by atoms with van der Waals surface area (Å²) in [7, 11) is -3.92. The van der Waals surface area contributed by atoms with Gasteiger partial charge in [0.05, 0.1) is 16.7 Å². The zero-order valence-electron chi connectivity index (χ0n) is 15.6. The summed E-state index contributed by atoms with van der Waals surface area (Å²) >= 11 is 6.02. The highest BCUT2D eigenvalue weighted by molar-refractivity contribution is 7.92. The number of carbonyl (C=O) groups excluding carboxylic acids is 1. The lowest BCUT2D eigenvalue weighted by Crippen LogP contribution is -2.43. The molecule has 0 radical (unpaired) electrons. The lowest BCUT2D eigenvalue weighted by Gasteiger charge is -2.26. The Morgan fingerprint density at radius 1 is 1.25 bits per heavy atom. The van der Waals surface area contributed by atoms with Crippen molar-refractivity contribution in [1.29, 1.82) is 0 Å². The topological polar surface area (TPSA) is 75.7 Å². The van der Waals surface area contributed by atoms with E-state index in [1.165, 1.54) is 12.1 Å². The van der Waals surface area contributed by atoms with Gasteiger partial charge in [-0.15, -0.1) is 0 Å². The minimum Gasteiger partial charge on any atom is -0.376 e. The van der Waals surface area contributed by atoms with E-state index in [0.717, 1.165) is 17.1 Å². The molecule has 6 nitrogen and oxygen atoms in total. The van der Waals surface area contributed by atoms with Gasteiger partial charge in [-0.25, -0.2) is 8.42 Å². The second-order valence-electron chi connectivity index (χ2n) is 6.69. The zero-order valence-corrected chi connectivity index (χ0v) is 17.2. The molecule has 1 heterocycles. The first-order valence-electron chi connectivity index (χ1n) is 9.10. The number of halogens is 1. The van der Waals surface area contributed by atoms with Crippen molar-refractivity contribution in [3.8, 4) is 0 Å². The molecule has 1 fully saturated rings. The number of hydrogen-bond acceptors (Lipinski definition) is 4. The summed E-state index contributed by atoms with van der Waals surface area (Å²) in [6.45, 7) is 2.50. The lowest BCUT2D eigenvalue weighted by molar-refractivity contribution is -0.120. The minimum atomic E-state index is -3.92. The summed E-state index contributed by atoms with van der Waals surface area (Å²) in [5, 5.41) is 3.28. The molecule has 3 rings (SSSR count). The third-order valence-electron chi connectivity index (χ3n) is 4.60. The number of benzene rings is 2. The molecule has 8 heteroatoms. The number of sulfonamides is 1. The van der Waals surface area contributed by atoms with E-state index in [-0.39, 0.29) is 23.5 Å². The molecule has 1 N–H and O–H groups in total. The summed E-state index contributed by atoms with van der Waals surface area (Å²) in [5.41, 5.74) is 1.08. The van der Waals surface area contributed by atoms with Gasteiger partial charge in [-0.05, 0) is 55.7 Å². The smallest absolute Gasteiger partial charge is 0.264 e. The Hall–Kier alpha value is -2.09. The van der Waals surface area contributed by atoms with Crippen LogP contribution in [0.15, 0.2) is 53.4 Å². The van der Waals surface area contributed by atoms with Crippen LogP contribution in [0, 0.1) is 6.92 Å². The molecule has 0 spiro atoms. The van der Waals surface area contributed by atoms with Gasteiger partial charge in [0.1, 0.15) is 6.54 Å². The van der Waals surface area contributed by atoms with Crippen LogP contribution in [0.4, 0.5) is 5.69 Å². The Bertz CT molecular complexity index is 928. The van der Waals surface area contributed by atoms with Gasteiger partial charge in [-0.1, -0.05) is 29.8 Å². The number of carbonyl (C=O) groups is 1. The molecule has 0 bridgehead atoms. The first kappa shape index (κ1) is 20.6. The SMILES string of the molecule is Cc1cc(Cl)ccc1N(CC(=O)NCC1CCCO1)S(=O)(=O)c1ccccc1. The van der Waals surface area contributed by atoms with E-state index in [9.17, 15) is 13.2 Å². The van der Waals surface area contributed by atoms with Crippen molar-refractivity contribution in [3.05, 3.63) is 59.1 Å². The van der Waals surface area contributed by atoms with Crippen LogP contribution in [0.25, 0.3) is 0 Å². The molecule has 0 saturated carbocycles. The third kappa shape index (κ3) is 4.84. The van der Waals surface area contributed by atoms with Crippen molar-refractivity contribution >= 4 is 33.2 Å². The third-order valence-corrected chi connectivity index (χ3v) is 6.61. The zero-order chi connectivity index (χ0) is 20.1. The maximum absolute atomic E-state index is 13.3. The molecule has 0 aliphatic carbocycles. The number of amides is 1. The second kappa shape index (κ2) is 8.94. The van der Waals surface area contributed by atoms with Crippen molar-refractivity contribution < 1.29 is 17.9 Å². The van der Waals surface area contributed by atoms with Crippen LogP contribution in [0.3, 0.4) is 0 Å². The number of hydrogen-bond donors (Lipinski definition) is 1. The number of nitrogens with one attached hydrogen (secondary N) is 1. The predicted molar refractivity (Wildman–Crippen MR) is 109 cm³/mol. The quantitative estimate of drug-likeness (QED) is 0.743. The van der Waals surface area contributed by atoms with Gasteiger partial charge in [0, 0.05) is 18.2 Å². The van der Waals surface area contributed by atoms with E-state index >= 15 is 0 Å². The van der Waals surface area contributed by atoms with Crippen molar-refractivity contribution in [2.45, 2.75) is 30.8 Å². The van der Waals surface area contributed by atoms with E-state index in [4.69, 9.17) is 16.3 Å². The highest BCUT2D eigenvalue weighted by Crippen LogP contribution is 2.28. The fourth-order valence-electron chi connectivity index (χ4n) is 3.14. The van der Waals surface area contributed by atoms with Gasteiger partial charge in [-0.3, -0.25) is 9.10 Å². The summed E-state index contributed by atoms with van der Waals surface area (Å²) in [5.74, 6) is -0.385. The molecule has 1 aliphatic rings. The monoisotopic (exact) mass is 422 g/mol. The van der Waals surface area contributed by atoms with Gasteiger partial charge >= 0.3 is 0 Å². The van der Waals surface area contributed by atoms with Crippen molar-refractivity contribution in [3.63, 3.8) is 0 Å². The number of aryl methyl sites for hydroxylation is 1. The van der Waals surface area contributed by atoms with Crippen LogP contribution in [0.1, 0.15) is 18.4 Å². The Morgan fingerprint density at radius 3 is 2.64 bits per heavy atom. The van der Waals surface area contributed by atoms with Crippen molar-refractivity contribution in [2.24, 2.45) is 0 Å². The van der Waals surface area contributed by atoms with Crippen LogP contribution >= 0.6 is 11.6 Å². The number of rotatable bonds is 7. The molecule has 150 valence electrons. The summed E-state index contributed by atoms with van der Waals surface area (Å²) < 4.78 is 33.1. The summed E-state index contributed by atoms with van der Waals surface area (Å²) in [6.07, 6.45) is 1.85. The minimum absolute atomic E-state index is 0.0135. The molecular formula is C20H23ClN2O4S. The number of anilines is 1. The van der Waals surface area contributed by atoms with Crippen LogP contribution in [-0.4, -0.2) is 40.1 Å². The Labute approximate surface area is 170 Å². The van der Waals surface area contributed by atoms with Crippen LogP contribution < -0.4 is 9.62 Å². The predicted octanol–water partition coefficient (Wildman–Crippen LogP) is 3.14. The van der Waals surface area contributed by atoms with Crippen LogP contribution in [-0.2, 0) is 19.6 Å². The van der Waals surface area contributed by atoms with E-state index in [2.05, 4.69) is 5.32 Å². The van der Waals surface area contributed by atoms with Gasteiger partial charge in [0.15, 0.2) is 0 Å². The van der Waals surface area contributed by atoms with Crippen LogP contribution in [0.2, 0.25) is 5.02 Å². The van der Waals surface area contributed by atoms with Crippen LogP contribution in [0.5, 0.6) is 0 Å². The first-order valence-corrected chi connectivity index (χ1v) is 10.9. The number of ether oxygens (including phenoxy) is 1. The first-order chi connectivity index (χ1) is 13.4. The largest absolute Gasteiger partial charge is 0.376 e. The van der Waals surface area contributed by atoms with E-state index in [1.54, 1.807) is 43.3 Å². The fourth-order valence-corrected chi connectivity index (χ4v) is 4.87. The molecule has 1 aliphatic heterocycles. The van der Waals surface area contributed by atoms with Crippen molar-refractivity contribution in [2.75, 3.05) is 24.0 Å². The van der Waals surface area contributed by atoms with Gasteiger partial charge in [-0.2, -0.15) is 0 Å². The van der Waals surface area contributed by atoms with Gasteiger partial charge < -0.3 is 10.1 Å². The maximum atomic E-state index is 13.3. The van der Waals surface area contributed by atoms with E-state index in [1.807, 2.05) is 0 Å². The lowest BCUT2D eigenvalue weighted by atomic mass is 10.2. The van der Waals surface area contributed by atoms with Crippen molar-refractivity contribution in [1.82, 2.24) is 5.32 Å². The molecule has 1 atom stereocenters. The van der Waals surface area contributed by atoms with Gasteiger partial charge in [0.2, 0.25) is 5.91 Å². The summed E-state index contributed by atoms with van der Waals surface area (Å²) in [4.78, 5) is 12.7. The average molecular weight is 423 g/mol. The molecule has 0 aromatic heterocycles. The molecule has 2 aromatic rings.